The van der Waals surface area contributed by atoms with E-state index in [-0.39, 0.29) is 29.7 Å². The Morgan fingerprint density at radius 1 is 1.12 bits per heavy atom. The molecule has 26 heavy (non-hydrogen) atoms. The minimum absolute atomic E-state index is 0.0695. The van der Waals surface area contributed by atoms with Crippen LogP contribution in [0, 0.1) is 0 Å². The highest BCUT2D eigenvalue weighted by Gasteiger charge is 2.42. The van der Waals surface area contributed by atoms with Gasteiger partial charge in [-0.1, -0.05) is 12.8 Å². The molecule has 0 bridgehead atoms. The molecule has 0 aliphatic heterocycles. The van der Waals surface area contributed by atoms with Gasteiger partial charge in [0.2, 0.25) is 5.91 Å². The van der Waals surface area contributed by atoms with Crippen molar-refractivity contribution in [2.24, 2.45) is 0 Å². The second kappa shape index (κ2) is 7.32. The molecule has 2 aromatic rings. The Bertz CT molecular complexity index is 750. The van der Waals surface area contributed by atoms with Crippen molar-refractivity contribution in [3.8, 4) is 0 Å². The number of hydrogen-bond acceptors (Lipinski definition) is 4. The van der Waals surface area contributed by atoms with Crippen molar-refractivity contribution in [2.75, 3.05) is 0 Å². The number of pyridine rings is 1. The van der Waals surface area contributed by atoms with E-state index in [0.29, 0.717) is 0 Å². The van der Waals surface area contributed by atoms with Crippen LogP contribution in [0.15, 0.2) is 47.3 Å². The Labute approximate surface area is 152 Å². The highest BCUT2D eigenvalue weighted by Crippen LogP contribution is 2.36. The van der Waals surface area contributed by atoms with Gasteiger partial charge in [-0.15, -0.1) is 0 Å². The Morgan fingerprint density at radius 2 is 1.85 bits per heavy atom. The second-order valence-corrected chi connectivity index (χ2v) is 7.09. The predicted molar refractivity (Wildman–Crippen MR) is 95.3 cm³/mol. The van der Waals surface area contributed by atoms with Crippen molar-refractivity contribution in [3.05, 3.63) is 54.2 Å². The van der Waals surface area contributed by atoms with Gasteiger partial charge >= 0.3 is 0 Å². The number of nitrogens with zero attached hydrogens (tertiary/aromatic N) is 2. The van der Waals surface area contributed by atoms with Crippen molar-refractivity contribution in [1.82, 2.24) is 15.2 Å². The summed E-state index contributed by atoms with van der Waals surface area (Å²) in [5.41, 5.74) is 0.780. The third-order valence-corrected chi connectivity index (χ3v) is 5.16. The van der Waals surface area contributed by atoms with Gasteiger partial charge in [0.05, 0.1) is 6.26 Å². The molecule has 1 atom stereocenters. The number of carbonyl (C=O) groups is 2. The molecule has 0 spiro atoms. The highest BCUT2D eigenvalue weighted by atomic mass is 16.3. The molecule has 2 aromatic heterocycles. The number of aromatic nitrogens is 1. The first kappa shape index (κ1) is 16.8. The molecule has 6 nitrogen and oxygen atoms in total. The van der Waals surface area contributed by atoms with Gasteiger partial charge in [0.1, 0.15) is 6.04 Å². The highest BCUT2D eigenvalue weighted by molar-refractivity contribution is 5.96. The quantitative estimate of drug-likeness (QED) is 0.866. The number of amides is 2. The monoisotopic (exact) mass is 353 g/mol. The van der Waals surface area contributed by atoms with Crippen LogP contribution < -0.4 is 5.32 Å². The standard InChI is InChI=1S/C20H23N3O3/c24-19(22-15-4-1-2-5-15)18(14-9-11-21-12-10-14)23(16-7-8-16)20(25)17-6-3-13-26-17/h3,6,9-13,15-16,18H,1-2,4-5,7-8H2,(H,22,24). The van der Waals surface area contributed by atoms with Crippen LogP contribution in [0.4, 0.5) is 0 Å². The lowest BCUT2D eigenvalue weighted by atomic mass is 10.0. The molecule has 0 radical (unpaired) electrons. The first-order valence-corrected chi connectivity index (χ1v) is 9.30. The molecule has 2 heterocycles. The van der Waals surface area contributed by atoms with E-state index >= 15 is 0 Å². The van der Waals surface area contributed by atoms with Crippen LogP contribution in [-0.2, 0) is 4.79 Å². The summed E-state index contributed by atoms with van der Waals surface area (Å²) in [6.45, 7) is 0. The summed E-state index contributed by atoms with van der Waals surface area (Å²) >= 11 is 0. The van der Waals surface area contributed by atoms with Gasteiger partial charge in [0.15, 0.2) is 5.76 Å². The summed E-state index contributed by atoms with van der Waals surface area (Å²) in [5.74, 6) is -0.0830. The van der Waals surface area contributed by atoms with Crippen molar-refractivity contribution in [3.63, 3.8) is 0 Å². The lowest BCUT2D eigenvalue weighted by molar-refractivity contribution is -0.126. The maximum atomic E-state index is 13.2. The van der Waals surface area contributed by atoms with E-state index in [1.54, 1.807) is 29.4 Å². The molecule has 136 valence electrons. The number of rotatable bonds is 6. The van der Waals surface area contributed by atoms with E-state index in [2.05, 4.69) is 10.3 Å². The molecule has 1 N–H and O–H groups in total. The van der Waals surface area contributed by atoms with Gasteiger partial charge in [-0.05, 0) is 55.5 Å². The van der Waals surface area contributed by atoms with Gasteiger partial charge < -0.3 is 14.6 Å². The first-order valence-electron chi connectivity index (χ1n) is 9.30. The SMILES string of the molecule is O=C(NC1CCCC1)C(c1ccncc1)N(C(=O)c1ccco1)C1CC1. The maximum absolute atomic E-state index is 13.2. The molecule has 2 aliphatic rings. The number of furan rings is 1. The van der Waals surface area contributed by atoms with E-state index < -0.39 is 6.04 Å². The lowest BCUT2D eigenvalue weighted by Gasteiger charge is -2.31. The Kier molecular flexibility index (Phi) is 4.73. The average molecular weight is 353 g/mol. The summed E-state index contributed by atoms with van der Waals surface area (Å²) < 4.78 is 5.32. The van der Waals surface area contributed by atoms with E-state index in [0.717, 1.165) is 44.1 Å². The van der Waals surface area contributed by atoms with Crippen LogP contribution >= 0.6 is 0 Å². The molecule has 2 saturated carbocycles. The number of hydrogen-bond donors (Lipinski definition) is 1. The summed E-state index contributed by atoms with van der Waals surface area (Å²) in [5, 5.41) is 3.16. The van der Waals surface area contributed by atoms with Gasteiger partial charge in [-0.2, -0.15) is 0 Å². The van der Waals surface area contributed by atoms with Crippen LogP contribution in [0.25, 0.3) is 0 Å². The van der Waals surface area contributed by atoms with Crippen molar-refractivity contribution < 1.29 is 14.0 Å². The summed E-state index contributed by atoms with van der Waals surface area (Å²) in [4.78, 5) is 32.0. The summed E-state index contributed by atoms with van der Waals surface area (Å²) in [6, 6.07) is 6.57. The van der Waals surface area contributed by atoms with Gasteiger partial charge in [-0.3, -0.25) is 14.6 Å². The fourth-order valence-corrected chi connectivity index (χ4v) is 3.71. The molecule has 1 unspecified atom stereocenters. The topological polar surface area (TPSA) is 75.4 Å². The van der Waals surface area contributed by atoms with Crippen molar-refractivity contribution in [1.29, 1.82) is 0 Å². The van der Waals surface area contributed by atoms with Crippen LogP contribution in [0.5, 0.6) is 0 Å². The van der Waals surface area contributed by atoms with E-state index in [9.17, 15) is 9.59 Å². The lowest BCUT2D eigenvalue weighted by Crippen LogP contribution is -2.47. The maximum Gasteiger partial charge on any atom is 0.290 e. The largest absolute Gasteiger partial charge is 0.459 e. The van der Waals surface area contributed by atoms with Crippen LogP contribution in [0.2, 0.25) is 0 Å². The predicted octanol–water partition coefficient (Wildman–Crippen LogP) is 3.08. The zero-order valence-electron chi connectivity index (χ0n) is 14.6. The minimum atomic E-state index is -0.663. The third kappa shape index (κ3) is 3.49. The molecule has 6 heteroatoms. The Hall–Kier alpha value is -2.63. The molecule has 0 aromatic carbocycles. The Balaban J connectivity index is 1.65. The van der Waals surface area contributed by atoms with E-state index in [1.165, 1.54) is 6.26 Å². The molecular formula is C20H23N3O3. The van der Waals surface area contributed by atoms with Gasteiger partial charge in [0, 0.05) is 24.5 Å². The second-order valence-electron chi connectivity index (χ2n) is 7.09. The average Bonchev–Trinajstić information content (AvgIpc) is 3.12. The van der Waals surface area contributed by atoms with E-state index in [1.807, 2.05) is 12.1 Å². The smallest absolute Gasteiger partial charge is 0.290 e. The summed E-state index contributed by atoms with van der Waals surface area (Å²) in [6.07, 6.45) is 10.9. The molecular weight excluding hydrogens is 330 g/mol. The number of nitrogens with one attached hydrogen (secondary N) is 1. The zero-order chi connectivity index (χ0) is 17.9. The van der Waals surface area contributed by atoms with Crippen LogP contribution in [-0.4, -0.2) is 33.8 Å². The Morgan fingerprint density at radius 3 is 2.46 bits per heavy atom. The zero-order valence-corrected chi connectivity index (χ0v) is 14.6. The van der Waals surface area contributed by atoms with Crippen LogP contribution in [0.3, 0.4) is 0 Å². The molecule has 2 aliphatic carbocycles. The van der Waals surface area contributed by atoms with Gasteiger partial charge in [-0.25, -0.2) is 0 Å². The van der Waals surface area contributed by atoms with Crippen molar-refractivity contribution in [2.45, 2.75) is 56.7 Å². The van der Waals surface area contributed by atoms with E-state index in [4.69, 9.17) is 4.42 Å². The minimum Gasteiger partial charge on any atom is -0.459 e. The number of carbonyl (C=O) groups excluding carboxylic acids is 2. The first-order chi connectivity index (χ1) is 12.7. The van der Waals surface area contributed by atoms with Crippen molar-refractivity contribution >= 4 is 11.8 Å². The fraction of sp³-hybridized carbons (Fsp3) is 0.450. The molecule has 2 amide bonds. The third-order valence-electron chi connectivity index (χ3n) is 5.16. The van der Waals surface area contributed by atoms with Gasteiger partial charge in [0.25, 0.3) is 5.91 Å². The molecule has 4 rings (SSSR count). The summed E-state index contributed by atoms with van der Waals surface area (Å²) in [7, 11) is 0. The molecule has 0 saturated heterocycles. The van der Waals surface area contributed by atoms with Crippen LogP contribution in [0.1, 0.15) is 60.7 Å². The normalized spacial score (nSPS) is 18.5. The fourth-order valence-electron chi connectivity index (χ4n) is 3.71. The molecule has 2 fully saturated rings.